The monoisotopic (exact) mass is 624 g/mol. The van der Waals surface area contributed by atoms with Crippen LogP contribution in [0.4, 0.5) is 4.79 Å². The van der Waals surface area contributed by atoms with E-state index < -0.39 is 30.1 Å². The third-order valence-corrected chi connectivity index (χ3v) is 7.16. The van der Waals surface area contributed by atoms with Crippen LogP contribution in [0.1, 0.15) is 36.1 Å². The minimum atomic E-state index is -1.03. The molecule has 0 spiro atoms. The van der Waals surface area contributed by atoms with Gasteiger partial charge in [-0.1, -0.05) is 111 Å². The van der Waals surface area contributed by atoms with Gasteiger partial charge in [-0.2, -0.15) is 0 Å². The zero-order valence-corrected chi connectivity index (χ0v) is 26.3. The molecule has 2 amide bonds. The summed E-state index contributed by atoms with van der Waals surface area (Å²) in [5.41, 5.74) is 3.52. The predicted molar refractivity (Wildman–Crippen MR) is 174 cm³/mol. The van der Waals surface area contributed by atoms with E-state index in [1.807, 2.05) is 97.1 Å². The Morgan fingerprint density at radius 3 is 1.67 bits per heavy atom. The van der Waals surface area contributed by atoms with Crippen molar-refractivity contribution < 1.29 is 33.3 Å². The molecule has 0 unspecified atom stereocenters. The van der Waals surface area contributed by atoms with Crippen LogP contribution in [-0.4, -0.2) is 37.2 Å². The summed E-state index contributed by atoms with van der Waals surface area (Å²) in [5.74, 6) is -0.416. The fourth-order valence-corrected chi connectivity index (χ4v) is 4.64. The van der Waals surface area contributed by atoms with Crippen molar-refractivity contribution in [3.63, 3.8) is 0 Å². The smallest absolute Gasteiger partial charge is 0.408 e. The molecule has 4 aromatic carbocycles. The first-order chi connectivity index (χ1) is 22.3. The molecule has 240 valence electrons. The minimum Gasteiger partial charge on any atom is -0.485 e. The van der Waals surface area contributed by atoms with Gasteiger partial charge in [0.1, 0.15) is 31.9 Å². The number of esters is 1. The molecule has 4 rings (SSSR count). The normalized spacial score (nSPS) is 12.0. The van der Waals surface area contributed by atoms with Crippen molar-refractivity contribution in [2.24, 2.45) is 5.92 Å². The maximum absolute atomic E-state index is 13.4. The van der Waals surface area contributed by atoms with Crippen molar-refractivity contribution in [3.8, 4) is 11.5 Å². The van der Waals surface area contributed by atoms with Gasteiger partial charge in [0.2, 0.25) is 5.91 Å². The molecule has 0 aromatic heterocycles. The van der Waals surface area contributed by atoms with Gasteiger partial charge >= 0.3 is 12.1 Å². The maximum atomic E-state index is 13.4. The van der Waals surface area contributed by atoms with Gasteiger partial charge in [-0.25, -0.2) is 9.59 Å². The number of amides is 2. The molecule has 2 atom stereocenters. The Morgan fingerprint density at radius 2 is 1.15 bits per heavy atom. The number of ether oxygens (including phenoxy) is 4. The summed E-state index contributed by atoms with van der Waals surface area (Å²) >= 11 is 0. The molecular formula is C37H40N2O7. The van der Waals surface area contributed by atoms with Crippen molar-refractivity contribution in [2.75, 3.05) is 7.11 Å². The topological polar surface area (TPSA) is 112 Å². The van der Waals surface area contributed by atoms with Gasteiger partial charge in [-0.15, -0.1) is 0 Å². The molecule has 0 bridgehead atoms. The van der Waals surface area contributed by atoms with Gasteiger partial charge in [0.15, 0.2) is 11.5 Å². The fraction of sp³-hybridized carbons (Fsp3) is 0.270. The average molecular weight is 625 g/mol. The molecule has 2 N–H and O–H groups in total. The molecule has 0 saturated carbocycles. The van der Waals surface area contributed by atoms with Crippen molar-refractivity contribution >= 4 is 18.0 Å². The predicted octanol–water partition coefficient (Wildman–Crippen LogP) is 6.00. The molecular weight excluding hydrogens is 584 g/mol. The fourth-order valence-electron chi connectivity index (χ4n) is 4.64. The lowest BCUT2D eigenvalue weighted by Gasteiger charge is -2.24. The van der Waals surface area contributed by atoms with Crippen LogP contribution in [0.3, 0.4) is 0 Å². The zero-order valence-electron chi connectivity index (χ0n) is 26.3. The lowest BCUT2D eigenvalue weighted by Crippen LogP contribution is -2.54. The summed E-state index contributed by atoms with van der Waals surface area (Å²) in [6.07, 6.45) is -0.624. The van der Waals surface area contributed by atoms with Crippen LogP contribution in [0.15, 0.2) is 109 Å². The number of carbonyl (C=O) groups is 3. The van der Waals surface area contributed by atoms with Gasteiger partial charge in [0.05, 0.1) is 7.11 Å². The Bertz CT molecular complexity index is 1550. The first kappa shape index (κ1) is 33.6. The first-order valence-corrected chi connectivity index (χ1v) is 15.1. The molecule has 0 aliphatic heterocycles. The Kier molecular flexibility index (Phi) is 12.6. The molecule has 0 radical (unpaired) electrons. The van der Waals surface area contributed by atoms with Crippen LogP contribution in [-0.2, 0) is 45.3 Å². The van der Waals surface area contributed by atoms with Crippen LogP contribution >= 0.6 is 0 Å². The standard InChI is InChI=1S/C37H40N2O7/c1-26(2)34(39-37(42)46-25-29-17-11-6-12-18-29)35(40)38-31(36(41)43-3)21-30-19-20-32(44-23-27-13-7-4-8-14-27)33(22-30)45-24-28-15-9-5-10-16-28/h4-20,22,26,31,34H,21,23-25H2,1-3H3,(H,38,40)(H,39,42)/t31-,34+/m0/s1. The van der Waals surface area contributed by atoms with Crippen LogP contribution in [0, 0.1) is 5.92 Å². The van der Waals surface area contributed by atoms with E-state index in [0.717, 1.165) is 16.7 Å². The maximum Gasteiger partial charge on any atom is 0.408 e. The highest BCUT2D eigenvalue weighted by atomic mass is 16.5. The summed E-state index contributed by atoms with van der Waals surface area (Å²) in [7, 11) is 1.26. The summed E-state index contributed by atoms with van der Waals surface area (Å²) in [5, 5.41) is 5.39. The number of hydrogen-bond acceptors (Lipinski definition) is 7. The zero-order chi connectivity index (χ0) is 32.7. The number of nitrogens with one attached hydrogen (secondary N) is 2. The van der Waals surface area contributed by atoms with E-state index in [0.29, 0.717) is 30.3 Å². The first-order valence-electron chi connectivity index (χ1n) is 15.1. The molecule has 46 heavy (non-hydrogen) atoms. The van der Waals surface area contributed by atoms with Gasteiger partial charge in [0, 0.05) is 6.42 Å². The summed E-state index contributed by atoms with van der Waals surface area (Å²) in [6.45, 7) is 4.30. The highest BCUT2D eigenvalue weighted by Crippen LogP contribution is 2.31. The van der Waals surface area contributed by atoms with E-state index in [1.165, 1.54) is 7.11 Å². The van der Waals surface area contributed by atoms with Crippen LogP contribution < -0.4 is 20.1 Å². The highest BCUT2D eigenvalue weighted by molar-refractivity contribution is 5.90. The Hall–Kier alpha value is -5.31. The third-order valence-electron chi connectivity index (χ3n) is 7.16. The van der Waals surface area contributed by atoms with E-state index in [9.17, 15) is 14.4 Å². The minimum absolute atomic E-state index is 0.0592. The van der Waals surface area contributed by atoms with Gasteiger partial charge in [-0.3, -0.25) is 4.79 Å². The van der Waals surface area contributed by atoms with Gasteiger partial charge < -0.3 is 29.6 Å². The number of benzene rings is 4. The van der Waals surface area contributed by atoms with Crippen molar-refractivity contribution in [3.05, 3.63) is 131 Å². The van der Waals surface area contributed by atoms with Crippen LogP contribution in [0.2, 0.25) is 0 Å². The Labute approximate surface area is 269 Å². The molecule has 9 nitrogen and oxygen atoms in total. The molecule has 0 aliphatic carbocycles. The SMILES string of the molecule is COC(=O)[C@H](Cc1ccc(OCc2ccccc2)c(OCc2ccccc2)c1)NC(=O)[C@H](NC(=O)OCc1ccccc1)C(C)C. The third kappa shape index (κ3) is 10.4. The summed E-state index contributed by atoms with van der Waals surface area (Å²) in [6, 6.07) is 32.2. The highest BCUT2D eigenvalue weighted by Gasteiger charge is 2.30. The van der Waals surface area contributed by atoms with Crippen molar-refractivity contribution in [1.29, 1.82) is 0 Å². The second-order valence-corrected chi connectivity index (χ2v) is 11.0. The molecule has 0 heterocycles. The van der Waals surface area contributed by atoms with Crippen LogP contribution in [0.5, 0.6) is 11.5 Å². The average Bonchev–Trinajstić information content (AvgIpc) is 3.08. The number of rotatable bonds is 15. The molecule has 4 aromatic rings. The molecule has 9 heteroatoms. The Morgan fingerprint density at radius 1 is 0.630 bits per heavy atom. The number of alkyl carbamates (subject to hydrolysis) is 1. The van der Waals surface area contributed by atoms with Crippen LogP contribution in [0.25, 0.3) is 0 Å². The van der Waals surface area contributed by atoms with E-state index in [-0.39, 0.29) is 18.9 Å². The summed E-state index contributed by atoms with van der Waals surface area (Å²) < 4.78 is 22.6. The lowest BCUT2D eigenvalue weighted by molar-refractivity contribution is -0.145. The van der Waals surface area contributed by atoms with E-state index in [4.69, 9.17) is 18.9 Å². The van der Waals surface area contributed by atoms with E-state index >= 15 is 0 Å². The molecule has 0 fully saturated rings. The number of hydrogen-bond donors (Lipinski definition) is 2. The molecule has 0 aliphatic rings. The van der Waals surface area contributed by atoms with Crippen molar-refractivity contribution in [1.82, 2.24) is 10.6 Å². The number of carbonyl (C=O) groups excluding carboxylic acids is 3. The largest absolute Gasteiger partial charge is 0.485 e. The van der Waals surface area contributed by atoms with E-state index in [1.54, 1.807) is 26.0 Å². The van der Waals surface area contributed by atoms with Gasteiger partial charge in [0.25, 0.3) is 0 Å². The summed E-state index contributed by atoms with van der Waals surface area (Å²) in [4.78, 5) is 38.8. The van der Waals surface area contributed by atoms with Crippen molar-refractivity contribution in [2.45, 2.75) is 52.2 Å². The van der Waals surface area contributed by atoms with E-state index in [2.05, 4.69) is 10.6 Å². The quantitative estimate of drug-likeness (QED) is 0.156. The lowest BCUT2D eigenvalue weighted by atomic mass is 10.0. The second kappa shape index (κ2) is 17.2. The van der Waals surface area contributed by atoms with Gasteiger partial charge in [-0.05, 0) is 40.3 Å². The second-order valence-electron chi connectivity index (χ2n) is 11.0. The molecule has 0 saturated heterocycles. The Balaban J connectivity index is 1.46. The number of methoxy groups -OCH3 is 1.